The van der Waals surface area contributed by atoms with E-state index in [1.165, 1.54) is 5.56 Å². The van der Waals surface area contributed by atoms with Crippen molar-refractivity contribution >= 4 is 20.0 Å². The second-order valence-electron chi connectivity index (χ2n) is 10.6. The average molecular weight is 494 g/mol. The molecule has 0 fully saturated rings. The second kappa shape index (κ2) is 9.96. The van der Waals surface area contributed by atoms with E-state index >= 15 is 0 Å². The van der Waals surface area contributed by atoms with Gasteiger partial charge in [0, 0.05) is 12.7 Å². The van der Waals surface area contributed by atoms with Crippen molar-refractivity contribution < 1.29 is 9.22 Å². The number of nitrogens with zero attached hydrogens (tertiary/aromatic N) is 5. The summed E-state index contributed by atoms with van der Waals surface area (Å²) in [5.74, 6) is 0.774. The number of anilines is 1. The lowest BCUT2D eigenvalue weighted by Crippen LogP contribution is -2.42. The van der Waals surface area contributed by atoms with Crippen molar-refractivity contribution in [1.29, 1.82) is 0 Å². The van der Waals surface area contributed by atoms with Crippen LogP contribution in [0.25, 0.3) is 11.5 Å². The molecular formula is C25H35N7O2Si. The standard InChI is InChI=1S/C25H35N7O2Si/c1-17(15-34-35(5,6)25(2,3)4)32-16-28-31-23(32)20-8-7-9-22(29-20)30-24(33)21-12-19-13-26-11-10-18(19)14-27-21/h7-9,12,14,16-17,26H,10-11,13,15H2,1-6H3,(H,29,30,33). The molecule has 1 aliphatic rings. The zero-order chi connectivity index (χ0) is 25.2. The number of carbonyl (C=O) groups excluding carboxylic acids is 1. The van der Waals surface area contributed by atoms with Crippen LogP contribution in [0.4, 0.5) is 5.82 Å². The summed E-state index contributed by atoms with van der Waals surface area (Å²) < 4.78 is 8.38. The Morgan fingerprint density at radius 1 is 1.29 bits per heavy atom. The van der Waals surface area contributed by atoms with Crippen LogP contribution in [-0.4, -0.2) is 52.1 Å². The molecule has 0 spiro atoms. The molecule has 1 atom stereocenters. The highest BCUT2D eigenvalue weighted by molar-refractivity contribution is 6.74. The number of pyridine rings is 2. The first-order valence-corrected chi connectivity index (χ1v) is 15.0. The molecule has 9 nitrogen and oxygen atoms in total. The summed E-state index contributed by atoms with van der Waals surface area (Å²) in [6, 6.07) is 7.34. The van der Waals surface area contributed by atoms with Crippen LogP contribution in [0.15, 0.2) is 36.8 Å². The van der Waals surface area contributed by atoms with E-state index in [0.717, 1.165) is 25.1 Å². The minimum Gasteiger partial charge on any atom is -0.415 e. The van der Waals surface area contributed by atoms with Gasteiger partial charge in [-0.2, -0.15) is 0 Å². The highest BCUT2D eigenvalue weighted by atomic mass is 28.4. The van der Waals surface area contributed by atoms with Gasteiger partial charge < -0.3 is 19.6 Å². The number of hydrogen-bond donors (Lipinski definition) is 2. The molecule has 0 aromatic carbocycles. The average Bonchev–Trinajstić information content (AvgIpc) is 3.32. The maximum absolute atomic E-state index is 12.9. The van der Waals surface area contributed by atoms with E-state index in [-0.39, 0.29) is 17.0 Å². The highest BCUT2D eigenvalue weighted by Crippen LogP contribution is 2.37. The summed E-state index contributed by atoms with van der Waals surface area (Å²) in [5, 5.41) is 14.8. The lowest BCUT2D eigenvalue weighted by molar-refractivity contribution is 0.102. The van der Waals surface area contributed by atoms with Gasteiger partial charge in [0.2, 0.25) is 0 Å². The SMILES string of the molecule is CC(CO[Si](C)(C)C(C)(C)C)n1cnnc1-c1cccc(NC(=O)c2cc3c(cn2)CCNC3)n1. The lowest BCUT2D eigenvalue weighted by Gasteiger charge is -2.37. The molecule has 3 aromatic heterocycles. The first-order valence-electron chi connectivity index (χ1n) is 12.1. The van der Waals surface area contributed by atoms with E-state index in [4.69, 9.17) is 4.43 Å². The number of amides is 1. The molecule has 0 saturated heterocycles. The van der Waals surface area contributed by atoms with E-state index in [0.29, 0.717) is 29.6 Å². The van der Waals surface area contributed by atoms with Crippen LogP contribution >= 0.6 is 0 Å². The first-order chi connectivity index (χ1) is 16.5. The van der Waals surface area contributed by atoms with Gasteiger partial charge in [-0.15, -0.1) is 10.2 Å². The van der Waals surface area contributed by atoms with E-state index in [9.17, 15) is 4.79 Å². The third-order valence-electron chi connectivity index (χ3n) is 6.96. The molecule has 10 heteroatoms. The fourth-order valence-electron chi connectivity index (χ4n) is 3.67. The zero-order valence-corrected chi connectivity index (χ0v) is 22.4. The minimum atomic E-state index is -1.87. The molecule has 4 heterocycles. The van der Waals surface area contributed by atoms with Gasteiger partial charge in [0.05, 0.1) is 12.6 Å². The van der Waals surface area contributed by atoms with Crippen LogP contribution in [0, 0.1) is 0 Å². The maximum atomic E-state index is 12.9. The van der Waals surface area contributed by atoms with Gasteiger partial charge in [-0.05, 0) is 67.3 Å². The van der Waals surface area contributed by atoms with Crippen LogP contribution in [-0.2, 0) is 17.4 Å². The second-order valence-corrected chi connectivity index (χ2v) is 15.4. The maximum Gasteiger partial charge on any atom is 0.275 e. The third-order valence-corrected chi connectivity index (χ3v) is 11.5. The van der Waals surface area contributed by atoms with E-state index in [1.807, 2.05) is 22.8 Å². The number of hydrogen-bond acceptors (Lipinski definition) is 7. The molecule has 0 bridgehead atoms. The number of nitrogens with one attached hydrogen (secondary N) is 2. The highest BCUT2D eigenvalue weighted by Gasteiger charge is 2.37. The van der Waals surface area contributed by atoms with Gasteiger partial charge in [0.25, 0.3) is 5.91 Å². The van der Waals surface area contributed by atoms with Crippen molar-refractivity contribution in [2.75, 3.05) is 18.5 Å². The Balaban J connectivity index is 1.48. The van der Waals surface area contributed by atoms with Crippen molar-refractivity contribution in [2.45, 2.75) is 64.8 Å². The van der Waals surface area contributed by atoms with E-state index in [1.54, 1.807) is 18.6 Å². The van der Waals surface area contributed by atoms with Gasteiger partial charge in [-0.3, -0.25) is 9.78 Å². The number of carbonyl (C=O) groups is 1. The van der Waals surface area contributed by atoms with Gasteiger partial charge in [0.1, 0.15) is 23.5 Å². The van der Waals surface area contributed by atoms with E-state index < -0.39 is 8.32 Å². The topological polar surface area (TPSA) is 107 Å². The van der Waals surface area contributed by atoms with Crippen molar-refractivity contribution in [3.8, 4) is 11.5 Å². The molecule has 1 aliphatic heterocycles. The Hall–Kier alpha value is -2.95. The summed E-state index contributed by atoms with van der Waals surface area (Å²) in [6.45, 7) is 15.5. The fourth-order valence-corrected chi connectivity index (χ4v) is 4.76. The van der Waals surface area contributed by atoms with Crippen LogP contribution in [0.2, 0.25) is 18.1 Å². The van der Waals surface area contributed by atoms with Crippen molar-refractivity contribution in [3.05, 3.63) is 53.6 Å². The van der Waals surface area contributed by atoms with Gasteiger partial charge >= 0.3 is 0 Å². The van der Waals surface area contributed by atoms with Crippen molar-refractivity contribution in [3.63, 3.8) is 0 Å². The molecule has 1 amide bonds. The largest absolute Gasteiger partial charge is 0.415 e. The summed E-state index contributed by atoms with van der Waals surface area (Å²) in [6.07, 6.45) is 4.42. The summed E-state index contributed by atoms with van der Waals surface area (Å²) >= 11 is 0. The van der Waals surface area contributed by atoms with Crippen LogP contribution in [0.3, 0.4) is 0 Å². The molecular weight excluding hydrogens is 458 g/mol. The Kier molecular flexibility index (Phi) is 7.16. The van der Waals surface area contributed by atoms with Gasteiger partial charge in [-0.1, -0.05) is 26.8 Å². The predicted octanol–water partition coefficient (Wildman–Crippen LogP) is 4.22. The monoisotopic (exact) mass is 493 g/mol. The molecule has 3 aromatic rings. The smallest absolute Gasteiger partial charge is 0.275 e. The Labute approximate surface area is 207 Å². The first kappa shape index (κ1) is 25.1. The Bertz CT molecular complexity index is 1200. The molecule has 186 valence electrons. The normalized spacial score (nSPS) is 14.9. The molecule has 2 N–H and O–H groups in total. The lowest BCUT2D eigenvalue weighted by atomic mass is 10.0. The summed E-state index contributed by atoms with van der Waals surface area (Å²) in [4.78, 5) is 21.8. The molecule has 4 rings (SSSR count). The van der Waals surface area contributed by atoms with E-state index in [2.05, 4.69) is 71.6 Å². The number of aromatic nitrogens is 5. The minimum absolute atomic E-state index is 0.0301. The Morgan fingerprint density at radius 2 is 2.09 bits per heavy atom. The number of rotatable bonds is 7. The fraction of sp³-hybridized carbons (Fsp3) is 0.480. The number of fused-ring (bicyclic) bond motifs is 1. The molecule has 0 saturated carbocycles. The predicted molar refractivity (Wildman–Crippen MR) is 139 cm³/mol. The zero-order valence-electron chi connectivity index (χ0n) is 21.4. The van der Waals surface area contributed by atoms with Crippen LogP contribution in [0.1, 0.15) is 55.4 Å². The van der Waals surface area contributed by atoms with Gasteiger partial charge in [0.15, 0.2) is 14.1 Å². The van der Waals surface area contributed by atoms with Crippen molar-refractivity contribution in [2.24, 2.45) is 0 Å². The van der Waals surface area contributed by atoms with Gasteiger partial charge in [-0.25, -0.2) is 4.98 Å². The quantitative estimate of drug-likeness (QED) is 0.475. The Morgan fingerprint density at radius 3 is 2.86 bits per heavy atom. The molecule has 0 radical (unpaired) electrons. The third kappa shape index (κ3) is 5.66. The molecule has 35 heavy (non-hydrogen) atoms. The summed E-state index contributed by atoms with van der Waals surface area (Å²) in [5.41, 5.74) is 3.30. The summed E-state index contributed by atoms with van der Waals surface area (Å²) in [7, 11) is -1.87. The molecule has 1 unspecified atom stereocenters. The molecule has 0 aliphatic carbocycles. The van der Waals surface area contributed by atoms with Crippen LogP contribution < -0.4 is 10.6 Å². The van der Waals surface area contributed by atoms with Crippen molar-refractivity contribution in [1.82, 2.24) is 30.0 Å². The van der Waals surface area contributed by atoms with Crippen LogP contribution in [0.5, 0.6) is 0 Å².